The molecule has 0 fully saturated rings. The molecule has 1 aromatic rings. The summed E-state index contributed by atoms with van der Waals surface area (Å²) >= 11 is 1.49. The van der Waals surface area contributed by atoms with Crippen LogP contribution in [-0.4, -0.2) is 20.9 Å². The smallest absolute Gasteiger partial charge is 0.208 e. The van der Waals surface area contributed by atoms with Gasteiger partial charge >= 0.3 is 0 Å². The Balaban J connectivity index is 2.34. The molecule has 1 N–H and O–H groups in total. The van der Waals surface area contributed by atoms with E-state index in [0.717, 1.165) is 16.7 Å². The molecule has 0 atom stereocenters. The zero-order valence-corrected chi connectivity index (χ0v) is 7.43. The van der Waals surface area contributed by atoms with E-state index in [1.54, 1.807) is 6.08 Å². The van der Waals surface area contributed by atoms with Gasteiger partial charge in [0.15, 0.2) is 0 Å². The molecule has 5 heteroatoms. The number of rotatable bonds is 3. The van der Waals surface area contributed by atoms with Crippen LogP contribution in [0, 0.1) is 18.3 Å². The van der Waals surface area contributed by atoms with Crippen molar-refractivity contribution in [1.82, 2.24) is 15.2 Å². The zero-order valence-electron chi connectivity index (χ0n) is 6.61. The Morgan fingerprint density at radius 1 is 1.75 bits per heavy atom. The molecule has 62 valence electrons. The van der Waals surface area contributed by atoms with Crippen LogP contribution in [0.25, 0.3) is 0 Å². The van der Waals surface area contributed by atoms with Crippen molar-refractivity contribution >= 4 is 11.8 Å². The minimum absolute atomic E-state index is 0.718. The van der Waals surface area contributed by atoms with Crippen molar-refractivity contribution < 1.29 is 0 Å². The summed E-state index contributed by atoms with van der Waals surface area (Å²) in [6, 6.07) is 1.92. The van der Waals surface area contributed by atoms with Gasteiger partial charge in [0.1, 0.15) is 5.82 Å². The van der Waals surface area contributed by atoms with Gasteiger partial charge in [0.05, 0.1) is 6.07 Å². The Bertz CT molecular complexity index is 309. The number of nitrogens with zero attached hydrogens (tertiary/aromatic N) is 3. The summed E-state index contributed by atoms with van der Waals surface area (Å²) in [5, 5.41) is 15.6. The lowest BCUT2D eigenvalue weighted by Crippen LogP contribution is -1.76. The molecule has 4 nitrogen and oxygen atoms in total. The van der Waals surface area contributed by atoms with E-state index in [-0.39, 0.29) is 0 Å². The highest BCUT2D eigenvalue weighted by molar-refractivity contribution is 7.99. The van der Waals surface area contributed by atoms with Crippen molar-refractivity contribution in [3.8, 4) is 6.07 Å². The SMILES string of the molecule is Cc1nc(SC/C=C/C#N)n[nH]1. The van der Waals surface area contributed by atoms with Crippen LogP contribution < -0.4 is 0 Å². The van der Waals surface area contributed by atoms with Crippen molar-refractivity contribution in [2.24, 2.45) is 0 Å². The second-order valence-electron chi connectivity index (χ2n) is 2.05. The predicted molar refractivity (Wildman–Crippen MR) is 46.6 cm³/mol. The van der Waals surface area contributed by atoms with Gasteiger partial charge in [-0.2, -0.15) is 5.26 Å². The molecule has 0 amide bonds. The van der Waals surface area contributed by atoms with Gasteiger partial charge in [-0.05, 0) is 6.92 Å². The molecule has 1 aromatic heterocycles. The van der Waals surface area contributed by atoms with E-state index in [9.17, 15) is 0 Å². The quantitative estimate of drug-likeness (QED) is 0.562. The Hall–Kier alpha value is -1.28. The van der Waals surface area contributed by atoms with Gasteiger partial charge in [-0.15, -0.1) is 5.10 Å². The fraction of sp³-hybridized carbons (Fsp3) is 0.286. The highest BCUT2D eigenvalue weighted by Crippen LogP contribution is 2.11. The predicted octanol–water partition coefficient (Wildman–Crippen LogP) is 1.28. The molecular formula is C7H8N4S. The van der Waals surface area contributed by atoms with Crippen LogP contribution >= 0.6 is 11.8 Å². The van der Waals surface area contributed by atoms with Crippen LogP contribution in [0.4, 0.5) is 0 Å². The molecule has 12 heavy (non-hydrogen) atoms. The number of hydrogen-bond donors (Lipinski definition) is 1. The summed E-state index contributed by atoms with van der Waals surface area (Å²) in [7, 11) is 0. The minimum atomic E-state index is 0.718. The molecule has 0 aromatic carbocycles. The summed E-state index contributed by atoms with van der Waals surface area (Å²) in [5.74, 6) is 1.53. The molecule has 0 aliphatic rings. The van der Waals surface area contributed by atoms with E-state index >= 15 is 0 Å². The first-order valence-corrected chi connectivity index (χ1v) is 4.38. The first-order chi connectivity index (χ1) is 5.83. The van der Waals surface area contributed by atoms with Gasteiger partial charge in [-0.3, -0.25) is 5.10 Å². The number of hydrogen-bond acceptors (Lipinski definition) is 4. The van der Waals surface area contributed by atoms with Gasteiger partial charge in [-0.25, -0.2) is 4.98 Å². The molecule has 0 aliphatic carbocycles. The van der Waals surface area contributed by atoms with Crippen LogP contribution in [-0.2, 0) is 0 Å². The molecule has 0 unspecified atom stereocenters. The average Bonchev–Trinajstić information content (AvgIpc) is 2.45. The third-order valence-corrected chi connectivity index (χ3v) is 1.88. The van der Waals surface area contributed by atoms with E-state index in [4.69, 9.17) is 5.26 Å². The van der Waals surface area contributed by atoms with Crippen molar-refractivity contribution in [2.45, 2.75) is 12.1 Å². The first kappa shape index (κ1) is 8.81. The largest absolute Gasteiger partial charge is 0.262 e. The van der Waals surface area contributed by atoms with Crippen LogP contribution in [0.5, 0.6) is 0 Å². The number of H-pyrrole nitrogens is 1. The Kier molecular flexibility index (Phi) is 3.35. The van der Waals surface area contributed by atoms with Crippen LogP contribution in [0.3, 0.4) is 0 Å². The van der Waals surface area contributed by atoms with Crippen molar-refractivity contribution in [2.75, 3.05) is 5.75 Å². The topological polar surface area (TPSA) is 65.4 Å². The number of aromatic nitrogens is 3. The van der Waals surface area contributed by atoms with Crippen LogP contribution in [0.2, 0.25) is 0 Å². The van der Waals surface area contributed by atoms with E-state index in [0.29, 0.717) is 0 Å². The Morgan fingerprint density at radius 2 is 2.58 bits per heavy atom. The molecule has 0 saturated carbocycles. The van der Waals surface area contributed by atoms with Gasteiger partial charge in [-0.1, -0.05) is 17.8 Å². The zero-order chi connectivity index (χ0) is 8.81. The summed E-state index contributed by atoms with van der Waals surface area (Å²) in [6.45, 7) is 1.85. The van der Waals surface area contributed by atoms with Gasteiger partial charge in [0, 0.05) is 11.8 Å². The summed E-state index contributed by atoms with van der Waals surface area (Å²) in [5.41, 5.74) is 0. The molecule has 1 rings (SSSR count). The summed E-state index contributed by atoms with van der Waals surface area (Å²) < 4.78 is 0. The number of nitriles is 1. The van der Waals surface area contributed by atoms with Gasteiger partial charge in [0.25, 0.3) is 0 Å². The van der Waals surface area contributed by atoms with E-state index in [2.05, 4.69) is 15.2 Å². The molecule has 0 bridgehead atoms. The molecule has 1 heterocycles. The van der Waals surface area contributed by atoms with Crippen LogP contribution in [0.15, 0.2) is 17.3 Å². The Labute approximate surface area is 74.7 Å². The highest BCUT2D eigenvalue weighted by atomic mass is 32.2. The normalized spacial score (nSPS) is 10.3. The maximum atomic E-state index is 8.18. The fourth-order valence-corrected chi connectivity index (χ4v) is 1.26. The highest BCUT2D eigenvalue weighted by Gasteiger charge is 1.96. The lowest BCUT2D eigenvalue weighted by Gasteiger charge is -1.85. The summed E-state index contributed by atoms with van der Waals surface area (Å²) in [4.78, 5) is 4.09. The molecule has 0 spiro atoms. The second kappa shape index (κ2) is 4.57. The molecular weight excluding hydrogens is 172 g/mol. The van der Waals surface area contributed by atoms with Crippen molar-refractivity contribution in [3.63, 3.8) is 0 Å². The third kappa shape index (κ3) is 2.76. The average molecular weight is 180 g/mol. The summed E-state index contributed by atoms with van der Waals surface area (Å²) in [6.07, 6.45) is 3.23. The number of nitrogens with one attached hydrogen (secondary N) is 1. The van der Waals surface area contributed by atoms with Gasteiger partial charge < -0.3 is 0 Å². The number of thioether (sulfide) groups is 1. The lowest BCUT2D eigenvalue weighted by atomic mass is 10.6. The van der Waals surface area contributed by atoms with E-state index < -0.39 is 0 Å². The standard InChI is InChI=1S/C7H8N4S/c1-6-9-7(11-10-6)12-5-3-2-4-8/h2-3H,5H2,1H3,(H,9,10,11)/b3-2+. The minimum Gasteiger partial charge on any atom is -0.262 e. The molecule has 0 saturated heterocycles. The maximum Gasteiger partial charge on any atom is 0.208 e. The number of allylic oxidation sites excluding steroid dienone is 1. The number of aromatic amines is 1. The maximum absolute atomic E-state index is 8.18. The van der Waals surface area contributed by atoms with Crippen molar-refractivity contribution in [1.29, 1.82) is 5.26 Å². The number of aryl methyl sites for hydroxylation is 1. The third-order valence-electron chi connectivity index (χ3n) is 1.08. The van der Waals surface area contributed by atoms with Crippen molar-refractivity contribution in [3.05, 3.63) is 18.0 Å². The van der Waals surface area contributed by atoms with E-state index in [1.165, 1.54) is 17.8 Å². The van der Waals surface area contributed by atoms with Crippen LogP contribution in [0.1, 0.15) is 5.82 Å². The van der Waals surface area contributed by atoms with E-state index in [1.807, 2.05) is 13.0 Å². The fourth-order valence-electron chi connectivity index (χ4n) is 0.610. The Morgan fingerprint density at radius 3 is 3.17 bits per heavy atom. The first-order valence-electron chi connectivity index (χ1n) is 3.39. The molecule has 0 radical (unpaired) electrons. The van der Waals surface area contributed by atoms with Gasteiger partial charge in [0.2, 0.25) is 5.16 Å². The monoisotopic (exact) mass is 180 g/mol. The second-order valence-corrected chi connectivity index (χ2v) is 3.03. The molecule has 0 aliphatic heterocycles. The lowest BCUT2D eigenvalue weighted by molar-refractivity contribution is 0.971.